The van der Waals surface area contributed by atoms with Crippen molar-refractivity contribution in [2.24, 2.45) is 11.8 Å². The molecule has 3 atom stereocenters. The number of amides is 2. The van der Waals surface area contributed by atoms with E-state index in [1.165, 1.54) is 23.0 Å². The van der Waals surface area contributed by atoms with Crippen LogP contribution in [0.3, 0.4) is 0 Å². The van der Waals surface area contributed by atoms with E-state index in [0.717, 1.165) is 18.4 Å². The van der Waals surface area contributed by atoms with Crippen LogP contribution in [0, 0.1) is 17.7 Å². The molecule has 10 nitrogen and oxygen atoms in total. The first-order valence-electron chi connectivity index (χ1n) is 14.3. The van der Waals surface area contributed by atoms with E-state index in [2.05, 4.69) is 17.3 Å². The maximum absolute atomic E-state index is 13.6. The first-order valence-corrected chi connectivity index (χ1v) is 14.3. The molecule has 1 saturated heterocycles. The SMILES string of the molecule is CNC(=O)Cn1cc(C2=CC=C3C(CC(=O)[C@]34CN(CC(=O)N(Cc3ccc(F)cc3)[C@@H](C)C3CC3)CO4)C2=O)cn1. The molecule has 42 heavy (non-hydrogen) atoms. The van der Waals surface area contributed by atoms with Crippen LogP contribution in [0.5, 0.6) is 0 Å². The lowest BCUT2D eigenvalue weighted by atomic mass is 9.82. The second-order valence-electron chi connectivity index (χ2n) is 11.7. The van der Waals surface area contributed by atoms with Crippen LogP contribution in [0.2, 0.25) is 0 Å². The third-order valence-corrected chi connectivity index (χ3v) is 8.90. The Kier molecular flexibility index (Phi) is 7.40. The van der Waals surface area contributed by atoms with Crippen LogP contribution in [-0.4, -0.2) is 81.5 Å². The molecule has 220 valence electrons. The minimum absolute atomic E-state index is 0.0333. The van der Waals surface area contributed by atoms with E-state index in [1.807, 2.05) is 9.80 Å². The third-order valence-electron chi connectivity index (χ3n) is 8.90. The van der Waals surface area contributed by atoms with Gasteiger partial charge in [-0.2, -0.15) is 5.10 Å². The number of hydrogen-bond donors (Lipinski definition) is 1. The van der Waals surface area contributed by atoms with Crippen LogP contribution in [0.15, 0.2) is 54.4 Å². The number of allylic oxidation sites excluding steroid dienone is 3. The van der Waals surface area contributed by atoms with Crippen molar-refractivity contribution in [3.8, 4) is 0 Å². The van der Waals surface area contributed by atoms with E-state index >= 15 is 0 Å². The van der Waals surface area contributed by atoms with Gasteiger partial charge in [-0.05, 0) is 49.0 Å². The lowest BCUT2D eigenvalue weighted by Crippen LogP contribution is -2.46. The van der Waals surface area contributed by atoms with Crippen molar-refractivity contribution in [2.45, 2.75) is 50.9 Å². The number of rotatable bonds is 9. The van der Waals surface area contributed by atoms with Crippen molar-refractivity contribution in [1.29, 1.82) is 0 Å². The fourth-order valence-corrected chi connectivity index (χ4v) is 6.30. The second-order valence-corrected chi connectivity index (χ2v) is 11.7. The van der Waals surface area contributed by atoms with Gasteiger partial charge in [-0.15, -0.1) is 0 Å². The number of halogens is 1. The number of nitrogens with zero attached hydrogens (tertiary/aromatic N) is 4. The second kappa shape index (κ2) is 11.0. The number of hydrogen-bond acceptors (Lipinski definition) is 7. The molecule has 2 aromatic rings. The van der Waals surface area contributed by atoms with Gasteiger partial charge in [0.25, 0.3) is 0 Å². The van der Waals surface area contributed by atoms with Crippen molar-refractivity contribution in [3.63, 3.8) is 0 Å². The predicted octanol–water partition coefficient (Wildman–Crippen LogP) is 2.11. The number of benzene rings is 1. The van der Waals surface area contributed by atoms with Gasteiger partial charge in [-0.3, -0.25) is 28.8 Å². The number of nitrogens with one attached hydrogen (secondary N) is 1. The Morgan fingerprint density at radius 3 is 2.67 bits per heavy atom. The zero-order valence-corrected chi connectivity index (χ0v) is 23.7. The molecule has 2 saturated carbocycles. The molecule has 1 aromatic heterocycles. The molecule has 2 amide bonds. The van der Waals surface area contributed by atoms with E-state index in [1.54, 1.807) is 37.5 Å². The number of ketones is 2. The average molecular weight is 576 g/mol. The van der Waals surface area contributed by atoms with Gasteiger partial charge in [0.05, 0.1) is 18.7 Å². The minimum atomic E-state index is -1.25. The van der Waals surface area contributed by atoms with Crippen molar-refractivity contribution in [3.05, 3.63) is 71.3 Å². The molecule has 1 unspecified atom stereocenters. The summed E-state index contributed by atoms with van der Waals surface area (Å²) in [5, 5.41) is 6.72. The predicted molar refractivity (Wildman–Crippen MR) is 150 cm³/mol. The molecule has 1 spiro atoms. The molecule has 1 aromatic carbocycles. The Balaban J connectivity index is 1.17. The third kappa shape index (κ3) is 5.22. The van der Waals surface area contributed by atoms with E-state index < -0.39 is 11.5 Å². The molecule has 4 aliphatic rings. The lowest BCUT2D eigenvalue weighted by molar-refractivity contribution is -0.135. The van der Waals surface area contributed by atoms with Crippen molar-refractivity contribution >= 4 is 29.0 Å². The molecule has 0 radical (unpaired) electrons. The summed E-state index contributed by atoms with van der Waals surface area (Å²) in [6.45, 7) is 2.84. The van der Waals surface area contributed by atoms with Crippen LogP contribution in [0.25, 0.3) is 5.57 Å². The van der Waals surface area contributed by atoms with Gasteiger partial charge in [0, 0.05) is 49.9 Å². The molecular weight excluding hydrogens is 541 g/mol. The molecule has 2 heterocycles. The Hall–Kier alpha value is -3.96. The molecule has 3 fully saturated rings. The highest BCUT2D eigenvalue weighted by atomic mass is 19.1. The summed E-state index contributed by atoms with van der Waals surface area (Å²) in [6, 6.07) is 6.23. The average Bonchev–Trinajstić information content (AvgIpc) is 3.49. The zero-order chi connectivity index (χ0) is 29.6. The van der Waals surface area contributed by atoms with Crippen LogP contribution >= 0.6 is 0 Å². The largest absolute Gasteiger partial charge is 0.358 e. The Morgan fingerprint density at radius 1 is 1.19 bits per heavy atom. The summed E-state index contributed by atoms with van der Waals surface area (Å²) < 4.78 is 21.0. The highest BCUT2D eigenvalue weighted by molar-refractivity contribution is 6.26. The van der Waals surface area contributed by atoms with Gasteiger partial charge in [-0.25, -0.2) is 4.39 Å². The van der Waals surface area contributed by atoms with Gasteiger partial charge in [0.2, 0.25) is 11.8 Å². The summed E-state index contributed by atoms with van der Waals surface area (Å²) in [6.07, 6.45) is 8.85. The fraction of sp³-hybridized carbons (Fsp3) is 0.452. The number of carbonyl (C=O) groups is 4. The topological polar surface area (TPSA) is 114 Å². The summed E-state index contributed by atoms with van der Waals surface area (Å²) in [7, 11) is 1.54. The molecule has 1 N–H and O–H groups in total. The number of Topliss-reactive ketones (excluding diaryl/α,β-unsaturated/α-hetero) is 2. The normalized spacial score (nSPS) is 24.4. The number of carbonyl (C=O) groups excluding carboxylic acids is 4. The number of fused-ring (bicyclic) bond motifs is 2. The Morgan fingerprint density at radius 2 is 1.95 bits per heavy atom. The van der Waals surface area contributed by atoms with Crippen molar-refractivity contribution in [1.82, 2.24) is 24.9 Å². The first kappa shape index (κ1) is 28.2. The van der Waals surface area contributed by atoms with Crippen LogP contribution < -0.4 is 5.32 Å². The summed E-state index contributed by atoms with van der Waals surface area (Å²) in [5.74, 6) is -1.14. The number of ether oxygens (including phenoxy) is 1. The molecule has 6 rings (SSSR count). The Labute approximate surface area is 243 Å². The van der Waals surface area contributed by atoms with Gasteiger partial charge >= 0.3 is 0 Å². The first-order chi connectivity index (χ1) is 20.2. The van der Waals surface area contributed by atoms with Crippen LogP contribution in [0.4, 0.5) is 4.39 Å². The molecule has 3 aliphatic carbocycles. The monoisotopic (exact) mass is 575 g/mol. The number of aromatic nitrogens is 2. The van der Waals surface area contributed by atoms with Crippen LogP contribution in [-0.2, 0) is 37.0 Å². The highest BCUT2D eigenvalue weighted by Crippen LogP contribution is 2.47. The highest BCUT2D eigenvalue weighted by Gasteiger charge is 2.58. The maximum Gasteiger partial charge on any atom is 0.241 e. The van der Waals surface area contributed by atoms with Crippen LogP contribution in [0.1, 0.15) is 37.3 Å². The Bertz CT molecular complexity index is 1490. The molecule has 1 aliphatic heterocycles. The van der Waals surface area contributed by atoms with E-state index in [4.69, 9.17) is 4.74 Å². The van der Waals surface area contributed by atoms with E-state index in [0.29, 0.717) is 29.2 Å². The lowest BCUT2D eigenvalue weighted by Gasteiger charge is -2.31. The van der Waals surface area contributed by atoms with E-state index in [-0.39, 0.29) is 68.0 Å². The van der Waals surface area contributed by atoms with Gasteiger partial charge in [0.1, 0.15) is 19.1 Å². The standard InChI is InChI=1S/C31H34FN5O5/c1-19(21-5-6-21)37(13-20-3-7-23(32)8-4-20)29(40)16-35-17-31(42-18-35)26-10-9-24(30(41)25(26)11-27(31)38)22-12-34-36(14-22)15-28(39)33-2/h3-4,7-10,12,14,19,21,25H,5-6,11,13,15-18H2,1-2H3,(H,33,39)/t19-,25?,31-/m0/s1. The van der Waals surface area contributed by atoms with E-state index in [9.17, 15) is 23.6 Å². The molecule has 11 heteroatoms. The van der Waals surface area contributed by atoms with Gasteiger partial charge in [-0.1, -0.05) is 24.3 Å². The summed E-state index contributed by atoms with van der Waals surface area (Å²) in [5.41, 5.74) is 1.25. The van der Waals surface area contributed by atoms with Gasteiger partial charge in [0.15, 0.2) is 17.2 Å². The van der Waals surface area contributed by atoms with Crippen molar-refractivity contribution in [2.75, 3.05) is 26.9 Å². The smallest absolute Gasteiger partial charge is 0.241 e. The number of likely N-dealkylation sites (N-methyl/N-ethyl adjacent to an activating group) is 1. The molecule has 0 bridgehead atoms. The minimum Gasteiger partial charge on any atom is -0.358 e. The quantitative estimate of drug-likeness (QED) is 0.487. The van der Waals surface area contributed by atoms with Gasteiger partial charge < -0.3 is 15.0 Å². The summed E-state index contributed by atoms with van der Waals surface area (Å²) in [4.78, 5) is 55.9. The molecular formula is C31H34FN5O5. The zero-order valence-electron chi connectivity index (χ0n) is 23.7. The maximum atomic E-state index is 13.6. The summed E-state index contributed by atoms with van der Waals surface area (Å²) >= 11 is 0. The fourth-order valence-electron chi connectivity index (χ4n) is 6.30. The van der Waals surface area contributed by atoms with Crippen molar-refractivity contribution < 1.29 is 28.3 Å².